The molecule has 3 aromatic rings. The number of rotatable bonds is 11. The van der Waals surface area contributed by atoms with Gasteiger partial charge in [-0.2, -0.15) is 0 Å². The third-order valence-electron chi connectivity index (χ3n) is 5.54. The molecular formula is C30H36FN3O3. The third kappa shape index (κ3) is 9.95. The van der Waals surface area contributed by atoms with E-state index in [1.807, 2.05) is 69.3 Å². The van der Waals surface area contributed by atoms with Gasteiger partial charge in [-0.15, -0.1) is 0 Å². The van der Waals surface area contributed by atoms with Gasteiger partial charge < -0.3 is 20.7 Å². The Kier molecular flexibility index (Phi) is 10.1. The summed E-state index contributed by atoms with van der Waals surface area (Å²) in [4.78, 5) is 24.4. The molecule has 196 valence electrons. The molecule has 0 heterocycles. The normalized spacial score (nSPS) is 11.0. The average molecular weight is 506 g/mol. The van der Waals surface area contributed by atoms with Crippen LogP contribution in [0.4, 0.5) is 20.6 Å². The molecule has 0 saturated carbocycles. The number of unbranched alkanes of at least 4 members (excludes halogenated alkanes) is 3. The Morgan fingerprint density at radius 1 is 0.838 bits per heavy atom. The summed E-state index contributed by atoms with van der Waals surface area (Å²) in [6.45, 7) is 6.41. The number of ether oxygens (including phenoxy) is 1. The van der Waals surface area contributed by atoms with Crippen molar-refractivity contribution in [3.63, 3.8) is 0 Å². The third-order valence-corrected chi connectivity index (χ3v) is 5.54. The van der Waals surface area contributed by atoms with Gasteiger partial charge >= 0.3 is 6.09 Å². The van der Waals surface area contributed by atoms with Crippen LogP contribution in [0.5, 0.6) is 5.75 Å². The highest BCUT2D eigenvalue weighted by Crippen LogP contribution is 2.31. The van der Waals surface area contributed by atoms with E-state index in [9.17, 15) is 14.0 Å². The highest BCUT2D eigenvalue weighted by atomic mass is 19.1. The standard InChI is InChI=1S/C30H36FN3O3/c1-30(2,3)34-29(36)37-27-19-14-23(22-11-7-6-8-12-22)21-26(27)32-20-10-5-4-9-13-28(35)33-25-17-15-24(31)16-18-25/h6-8,11-12,14-19,21,32H,4-5,9-10,13,20H2,1-3H3,(H,33,35)(H,34,36). The first-order valence-corrected chi connectivity index (χ1v) is 12.7. The Hall–Kier alpha value is -3.87. The zero-order chi connectivity index (χ0) is 26.7. The molecule has 0 radical (unpaired) electrons. The molecule has 7 heteroatoms. The van der Waals surface area contributed by atoms with Crippen LogP contribution in [0.15, 0.2) is 72.8 Å². The fourth-order valence-corrected chi connectivity index (χ4v) is 3.74. The fraction of sp³-hybridized carbons (Fsp3) is 0.333. The predicted molar refractivity (Wildman–Crippen MR) is 147 cm³/mol. The lowest BCUT2D eigenvalue weighted by Gasteiger charge is -2.21. The number of amides is 2. The minimum Gasteiger partial charge on any atom is -0.408 e. The second-order valence-corrected chi connectivity index (χ2v) is 9.99. The summed E-state index contributed by atoms with van der Waals surface area (Å²) >= 11 is 0. The van der Waals surface area contributed by atoms with Crippen molar-refractivity contribution in [1.82, 2.24) is 5.32 Å². The second-order valence-electron chi connectivity index (χ2n) is 9.99. The molecule has 0 unspecified atom stereocenters. The summed E-state index contributed by atoms with van der Waals surface area (Å²) in [6, 6.07) is 21.5. The number of anilines is 2. The average Bonchev–Trinajstić information content (AvgIpc) is 2.85. The lowest BCUT2D eigenvalue weighted by Crippen LogP contribution is -2.42. The van der Waals surface area contributed by atoms with E-state index in [4.69, 9.17) is 4.74 Å². The van der Waals surface area contributed by atoms with E-state index in [-0.39, 0.29) is 11.7 Å². The molecule has 6 nitrogen and oxygen atoms in total. The number of nitrogens with one attached hydrogen (secondary N) is 3. The van der Waals surface area contributed by atoms with Crippen LogP contribution in [0, 0.1) is 5.82 Å². The molecule has 0 fully saturated rings. The van der Waals surface area contributed by atoms with Crippen LogP contribution >= 0.6 is 0 Å². The van der Waals surface area contributed by atoms with Crippen molar-refractivity contribution < 1.29 is 18.7 Å². The van der Waals surface area contributed by atoms with Crippen molar-refractivity contribution in [1.29, 1.82) is 0 Å². The highest BCUT2D eigenvalue weighted by Gasteiger charge is 2.17. The molecule has 3 N–H and O–H groups in total. The van der Waals surface area contributed by atoms with Crippen LogP contribution in [0.2, 0.25) is 0 Å². The van der Waals surface area contributed by atoms with Crippen LogP contribution < -0.4 is 20.7 Å². The molecule has 0 aliphatic heterocycles. The lowest BCUT2D eigenvalue weighted by atomic mass is 10.0. The summed E-state index contributed by atoms with van der Waals surface area (Å²) in [6.07, 6.45) is 3.48. The largest absolute Gasteiger partial charge is 0.413 e. The topological polar surface area (TPSA) is 79.5 Å². The first kappa shape index (κ1) is 27.7. The molecule has 3 rings (SSSR count). The number of carbonyl (C=O) groups is 2. The zero-order valence-electron chi connectivity index (χ0n) is 21.8. The maximum atomic E-state index is 13.0. The maximum absolute atomic E-state index is 13.0. The molecule has 0 aliphatic rings. The summed E-state index contributed by atoms with van der Waals surface area (Å²) in [5.74, 6) is 0.0712. The number of hydrogen-bond acceptors (Lipinski definition) is 4. The molecule has 2 amide bonds. The van der Waals surface area contributed by atoms with E-state index < -0.39 is 11.6 Å². The van der Waals surface area contributed by atoms with Crippen LogP contribution in [-0.2, 0) is 4.79 Å². The van der Waals surface area contributed by atoms with Gasteiger partial charge in [-0.3, -0.25) is 4.79 Å². The van der Waals surface area contributed by atoms with Gasteiger partial charge in [0.05, 0.1) is 5.69 Å². The van der Waals surface area contributed by atoms with E-state index in [1.165, 1.54) is 12.1 Å². The highest BCUT2D eigenvalue weighted by molar-refractivity contribution is 5.90. The van der Waals surface area contributed by atoms with Gasteiger partial charge in [-0.25, -0.2) is 9.18 Å². The van der Waals surface area contributed by atoms with Crippen molar-refractivity contribution in [2.24, 2.45) is 0 Å². The molecule has 0 atom stereocenters. The number of benzene rings is 3. The Bertz CT molecular complexity index is 1160. The maximum Gasteiger partial charge on any atom is 0.413 e. The molecular weight excluding hydrogens is 469 g/mol. The van der Waals surface area contributed by atoms with Crippen LogP contribution in [-0.4, -0.2) is 24.1 Å². The van der Waals surface area contributed by atoms with Gasteiger partial charge in [0.1, 0.15) is 5.82 Å². The van der Waals surface area contributed by atoms with Crippen molar-refractivity contribution in [2.45, 2.75) is 58.4 Å². The fourth-order valence-electron chi connectivity index (χ4n) is 3.74. The summed E-state index contributed by atoms with van der Waals surface area (Å²) < 4.78 is 18.6. The Morgan fingerprint density at radius 3 is 2.24 bits per heavy atom. The Morgan fingerprint density at radius 2 is 1.54 bits per heavy atom. The molecule has 0 saturated heterocycles. The summed E-state index contributed by atoms with van der Waals surface area (Å²) in [7, 11) is 0. The van der Waals surface area contributed by atoms with Crippen molar-refractivity contribution >= 4 is 23.4 Å². The van der Waals surface area contributed by atoms with Crippen molar-refractivity contribution in [2.75, 3.05) is 17.2 Å². The lowest BCUT2D eigenvalue weighted by molar-refractivity contribution is -0.116. The van der Waals surface area contributed by atoms with Crippen LogP contribution in [0.3, 0.4) is 0 Å². The molecule has 3 aromatic carbocycles. The van der Waals surface area contributed by atoms with E-state index >= 15 is 0 Å². The second kappa shape index (κ2) is 13.4. The van der Waals surface area contributed by atoms with Gasteiger partial charge in [0.15, 0.2) is 5.75 Å². The quantitative estimate of drug-likeness (QED) is 0.238. The van der Waals surface area contributed by atoms with E-state index in [0.29, 0.717) is 24.4 Å². The van der Waals surface area contributed by atoms with E-state index in [1.54, 1.807) is 12.1 Å². The monoisotopic (exact) mass is 505 g/mol. The van der Waals surface area contributed by atoms with Crippen molar-refractivity contribution in [3.8, 4) is 16.9 Å². The molecule has 37 heavy (non-hydrogen) atoms. The van der Waals surface area contributed by atoms with Gasteiger partial charge in [0.25, 0.3) is 0 Å². The molecule has 0 spiro atoms. The SMILES string of the molecule is CC(C)(C)NC(=O)Oc1ccc(-c2ccccc2)cc1NCCCCCCC(=O)Nc1ccc(F)cc1. The molecule has 0 aliphatic carbocycles. The van der Waals surface area contributed by atoms with Gasteiger partial charge in [-0.05, 0) is 81.1 Å². The Balaban J connectivity index is 1.48. The first-order valence-electron chi connectivity index (χ1n) is 12.7. The van der Waals surface area contributed by atoms with Gasteiger partial charge in [-0.1, -0.05) is 49.2 Å². The van der Waals surface area contributed by atoms with E-state index in [0.717, 1.165) is 42.5 Å². The zero-order valence-corrected chi connectivity index (χ0v) is 21.8. The smallest absolute Gasteiger partial charge is 0.408 e. The number of carbonyl (C=O) groups excluding carboxylic acids is 2. The summed E-state index contributed by atoms with van der Waals surface area (Å²) in [5, 5.41) is 9.02. The van der Waals surface area contributed by atoms with Crippen LogP contribution in [0.25, 0.3) is 11.1 Å². The molecule has 0 bridgehead atoms. The van der Waals surface area contributed by atoms with Gasteiger partial charge in [0.2, 0.25) is 5.91 Å². The molecule has 0 aromatic heterocycles. The predicted octanol–water partition coefficient (Wildman–Crippen LogP) is 7.38. The minimum absolute atomic E-state index is 0.0715. The first-order chi connectivity index (χ1) is 17.7. The van der Waals surface area contributed by atoms with Crippen molar-refractivity contribution in [3.05, 3.63) is 78.6 Å². The van der Waals surface area contributed by atoms with E-state index in [2.05, 4.69) is 16.0 Å². The van der Waals surface area contributed by atoms with Gasteiger partial charge in [0, 0.05) is 24.2 Å². The van der Waals surface area contributed by atoms with Crippen LogP contribution in [0.1, 0.15) is 52.9 Å². The Labute approximate surface area is 218 Å². The minimum atomic E-state index is -0.498. The number of halogens is 1. The summed E-state index contributed by atoms with van der Waals surface area (Å²) in [5.41, 5.74) is 3.06. The number of hydrogen-bond donors (Lipinski definition) is 3.